The monoisotopic (exact) mass is 498 g/mol. The molecule has 0 unspecified atom stereocenters. The molecule has 1 aromatic heterocycles. The largest absolute Gasteiger partial charge is 0.382 e. The summed E-state index contributed by atoms with van der Waals surface area (Å²) in [7, 11) is 0.668. The number of amides is 1. The van der Waals surface area contributed by atoms with E-state index in [2.05, 4.69) is 34.1 Å². The SMILES string of the molecule is Cc1ccc(S(=O)(=O)NCCCCC[N+](C)(C)CCNC(=O)c2nc(Cl)c(N)nc2N)cc1. The van der Waals surface area contributed by atoms with Gasteiger partial charge in [-0.2, -0.15) is 0 Å². The van der Waals surface area contributed by atoms with Crippen LogP contribution in [0.4, 0.5) is 11.6 Å². The molecule has 0 bridgehead atoms. The van der Waals surface area contributed by atoms with Gasteiger partial charge in [0.1, 0.15) is 0 Å². The molecule has 0 fully saturated rings. The zero-order chi connectivity index (χ0) is 24.6. The van der Waals surface area contributed by atoms with Gasteiger partial charge in [-0.05, 0) is 38.3 Å². The van der Waals surface area contributed by atoms with Crippen LogP contribution in [0, 0.1) is 6.92 Å². The number of benzene rings is 1. The van der Waals surface area contributed by atoms with Crippen LogP contribution in [0.1, 0.15) is 35.3 Å². The zero-order valence-corrected chi connectivity index (χ0v) is 20.8. The maximum absolute atomic E-state index is 12.3. The molecule has 2 rings (SSSR count). The van der Waals surface area contributed by atoms with Crippen LogP contribution in [0.2, 0.25) is 5.15 Å². The minimum atomic E-state index is -3.47. The Morgan fingerprint density at radius 1 is 1.00 bits per heavy atom. The molecule has 0 aliphatic carbocycles. The third-order valence-electron chi connectivity index (χ3n) is 5.19. The Morgan fingerprint density at radius 2 is 1.67 bits per heavy atom. The summed E-state index contributed by atoms with van der Waals surface area (Å²) in [6.45, 7) is 4.31. The number of sulfonamides is 1. The fourth-order valence-electron chi connectivity index (χ4n) is 3.13. The summed E-state index contributed by atoms with van der Waals surface area (Å²) >= 11 is 5.82. The van der Waals surface area contributed by atoms with E-state index in [9.17, 15) is 13.2 Å². The standard InChI is InChI=1S/C21H32ClN7O3S/c1-15-7-9-16(10-8-15)33(31,32)26-11-5-4-6-13-29(2,3)14-12-25-21(30)17-19(23)28-20(24)18(22)27-17/h7-10,26H,4-6,11-14H2,1-3H3,(H4-,23,24,25,28,30)/p+1. The Labute approximate surface area is 200 Å². The summed E-state index contributed by atoms with van der Waals surface area (Å²) in [5.74, 6) is -0.546. The number of nitrogens with zero attached hydrogens (tertiary/aromatic N) is 3. The van der Waals surface area contributed by atoms with Crippen LogP contribution < -0.4 is 21.5 Å². The quantitative estimate of drug-likeness (QED) is 0.256. The van der Waals surface area contributed by atoms with Crippen molar-refractivity contribution < 1.29 is 17.7 Å². The number of aromatic nitrogens is 2. The molecule has 12 heteroatoms. The summed E-state index contributed by atoms with van der Waals surface area (Å²) in [6, 6.07) is 6.78. The van der Waals surface area contributed by atoms with E-state index >= 15 is 0 Å². The molecule has 1 aromatic carbocycles. The normalized spacial score (nSPS) is 12.0. The van der Waals surface area contributed by atoms with Crippen molar-refractivity contribution in [2.75, 3.05) is 51.7 Å². The highest BCUT2D eigenvalue weighted by Crippen LogP contribution is 2.17. The smallest absolute Gasteiger partial charge is 0.273 e. The van der Waals surface area contributed by atoms with Crippen LogP contribution in [-0.2, 0) is 10.0 Å². The predicted octanol–water partition coefficient (Wildman–Crippen LogP) is 1.56. The van der Waals surface area contributed by atoms with Gasteiger partial charge in [0, 0.05) is 6.54 Å². The molecular formula is C21H33ClN7O3S+. The number of carbonyl (C=O) groups is 1. The van der Waals surface area contributed by atoms with Crippen LogP contribution in [0.15, 0.2) is 29.2 Å². The molecule has 182 valence electrons. The molecular weight excluding hydrogens is 466 g/mol. The van der Waals surface area contributed by atoms with Gasteiger partial charge in [0.25, 0.3) is 5.91 Å². The number of likely N-dealkylation sites (N-methyl/N-ethyl adjacent to an activating group) is 1. The molecule has 0 saturated carbocycles. The second-order valence-corrected chi connectivity index (χ2v) is 10.7. The Kier molecular flexibility index (Phi) is 9.41. The lowest BCUT2D eigenvalue weighted by atomic mass is 10.2. The lowest BCUT2D eigenvalue weighted by Gasteiger charge is -2.30. The maximum Gasteiger partial charge on any atom is 0.273 e. The summed E-state index contributed by atoms with van der Waals surface area (Å²) < 4.78 is 27.9. The average molecular weight is 499 g/mol. The first-order chi connectivity index (χ1) is 15.4. The van der Waals surface area contributed by atoms with Crippen molar-refractivity contribution in [1.29, 1.82) is 0 Å². The van der Waals surface area contributed by atoms with E-state index in [-0.39, 0.29) is 27.4 Å². The first kappa shape index (κ1) is 26.8. The van der Waals surface area contributed by atoms with Gasteiger partial charge < -0.3 is 21.3 Å². The number of rotatable bonds is 12. The molecule has 0 aliphatic rings. The fourth-order valence-corrected chi connectivity index (χ4v) is 4.33. The van der Waals surface area contributed by atoms with E-state index in [1.807, 2.05) is 6.92 Å². The van der Waals surface area contributed by atoms with Gasteiger partial charge >= 0.3 is 0 Å². The average Bonchev–Trinajstić information content (AvgIpc) is 2.73. The summed E-state index contributed by atoms with van der Waals surface area (Å²) in [6.07, 6.45) is 2.57. The molecule has 2 aromatic rings. The molecule has 6 N–H and O–H groups in total. The number of aryl methyl sites for hydroxylation is 1. The second-order valence-electron chi connectivity index (χ2n) is 8.54. The van der Waals surface area contributed by atoms with Crippen molar-refractivity contribution in [3.63, 3.8) is 0 Å². The molecule has 1 heterocycles. The van der Waals surface area contributed by atoms with Gasteiger partial charge in [-0.15, -0.1) is 0 Å². The van der Waals surface area contributed by atoms with Gasteiger partial charge in [0.15, 0.2) is 22.5 Å². The highest BCUT2D eigenvalue weighted by Gasteiger charge is 2.19. The number of nitrogens with one attached hydrogen (secondary N) is 2. The molecule has 0 aliphatic heterocycles. The maximum atomic E-state index is 12.3. The number of nitrogen functional groups attached to an aromatic ring is 2. The van der Waals surface area contributed by atoms with Gasteiger partial charge in [-0.25, -0.2) is 23.1 Å². The van der Waals surface area contributed by atoms with Gasteiger partial charge in [0.05, 0.1) is 38.6 Å². The zero-order valence-electron chi connectivity index (χ0n) is 19.3. The van der Waals surface area contributed by atoms with E-state index in [0.29, 0.717) is 24.1 Å². The van der Waals surface area contributed by atoms with E-state index < -0.39 is 15.9 Å². The molecule has 10 nitrogen and oxygen atoms in total. The molecule has 0 saturated heterocycles. The van der Waals surface area contributed by atoms with Crippen molar-refractivity contribution in [2.45, 2.75) is 31.1 Å². The van der Waals surface area contributed by atoms with E-state index in [4.69, 9.17) is 23.1 Å². The summed E-state index contributed by atoms with van der Waals surface area (Å²) in [5, 5.41) is 2.71. The lowest BCUT2D eigenvalue weighted by molar-refractivity contribution is -0.889. The van der Waals surface area contributed by atoms with E-state index in [0.717, 1.165) is 31.4 Å². The number of anilines is 2. The van der Waals surface area contributed by atoms with Crippen molar-refractivity contribution in [1.82, 2.24) is 20.0 Å². The third kappa shape index (κ3) is 8.43. The van der Waals surface area contributed by atoms with Crippen molar-refractivity contribution in [2.24, 2.45) is 0 Å². The van der Waals surface area contributed by atoms with Crippen molar-refractivity contribution >= 4 is 39.2 Å². The number of hydrogen-bond donors (Lipinski definition) is 4. The first-order valence-electron chi connectivity index (χ1n) is 10.7. The molecule has 0 atom stereocenters. The Balaban J connectivity index is 1.67. The van der Waals surface area contributed by atoms with Crippen LogP contribution in [0.5, 0.6) is 0 Å². The second kappa shape index (κ2) is 11.6. The van der Waals surface area contributed by atoms with E-state index in [1.165, 1.54) is 0 Å². The number of carbonyl (C=O) groups excluding carboxylic acids is 1. The number of halogens is 1. The summed E-state index contributed by atoms with van der Waals surface area (Å²) in [5.41, 5.74) is 12.2. The van der Waals surface area contributed by atoms with Crippen molar-refractivity contribution in [3.8, 4) is 0 Å². The number of nitrogens with two attached hydrogens (primary N) is 2. The number of unbranched alkanes of at least 4 members (excludes halogenated alkanes) is 2. The van der Waals surface area contributed by atoms with Crippen LogP contribution in [0.25, 0.3) is 0 Å². The predicted molar refractivity (Wildman–Crippen MR) is 130 cm³/mol. The molecule has 33 heavy (non-hydrogen) atoms. The van der Waals surface area contributed by atoms with Crippen LogP contribution >= 0.6 is 11.6 Å². The highest BCUT2D eigenvalue weighted by atomic mass is 35.5. The lowest BCUT2D eigenvalue weighted by Crippen LogP contribution is -2.46. The number of quaternary nitrogens is 1. The van der Waals surface area contributed by atoms with Crippen molar-refractivity contribution in [3.05, 3.63) is 40.7 Å². The van der Waals surface area contributed by atoms with Gasteiger partial charge in [-0.1, -0.05) is 29.3 Å². The van der Waals surface area contributed by atoms with E-state index in [1.54, 1.807) is 24.3 Å². The molecule has 1 amide bonds. The fraction of sp³-hybridized carbons (Fsp3) is 0.476. The Hall–Kier alpha value is -2.47. The minimum absolute atomic E-state index is 0.0218. The van der Waals surface area contributed by atoms with Gasteiger partial charge in [-0.3, -0.25) is 4.79 Å². The van der Waals surface area contributed by atoms with Crippen LogP contribution in [0.3, 0.4) is 0 Å². The third-order valence-corrected chi connectivity index (χ3v) is 6.94. The first-order valence-corrected chi connectivity index (χ1v) is 12.5. The highest BCUT2D eigenvalue weighted by molar-refractivity contribution is 7.89. The summed E-state index contributed by atoms with van der Waals surface area (Å²) in [4.78, 5) is 20.3. The molecule has 0 radical (unpaired) electrons. The Morgan fingerprint density at radius 3 is 2.33 bits per heavy atom. The topological polar surface area (TPSA) is 153 Å². The van der Waals surface area contributed by atoms with Crippen LogP contribution in [-0.4, -0.2) is 69.1 Å². The minimum Gasteiger partial charge on any atom is -0.382 e. The van der Waals surface area contributed by atoms with Gasteiger partial charge in [0.2, 0.25) is 10.0 Å². The Bertz CT molecular complexity index is 1060. The molecule has 0 spiro atoms. The number of hydrogen-bond acceptors (Lipinski definition) is 7.